The van der Waals surface area contributed by atoms with Gasteiger partial charge >= 0.3 is 5.97 Å². The van der Waals surface area contributed by atoms with Crippen LogP contribution >= 0.6 is 11.3 Å². The third kappa shape index (κ3) is 4.90. The fraction of sp³-hybridized carbons (Fsp3) is 0.353. The van der Waals surface area contributed by atoms with Crippen molar-refractivity contribution in [1.82, 2.24) is 0 Å². The molecule has 0 saturated carbocycles. The van der Waals surface area contributed by atoms with Crippen molar-refractivity contribution in [1.29, 1.82) is 0 Å². The monoisotopic (exact) mass is 304 g/mol. The van der Waals surface area contributed by atoms with E-state index in [1.807, 2.05) is 11.4 Å². The summed E-state index contributed by atoms with van der Waals surface area (Å²) in [5.74, 6) is 0.205. The van der Waals surface area contributed by atoms with Crippen LogP contribution < -0.4 is 4.74 Å². The minimum absolute atomic E-state index is 0.290. The van der Waals surface area contributed by atoms with Gasteiger partial charge in [0.15, 0.2) is 0 Å². The highest BCUT2D eigenvalue weighted by molar-refractivity contribution is 7.07. The second-order valence-corrected chi connectivity index (χ2v) is 6.28. The van der Waals surface area contributed by atoms with E-state index in [1.165, 1.54) is 5.56 Å². The average Bonchev–Trinajstić information content (AvgIpc) is 2.90. The van der Waals surface area contributed by atoms with Crippen molar-refractivity contribution in [3.05, 3.63) is 51.7 Å². The zero-order valence-corrected chi connectivity index (χ0v) is 13.2. The highest BCUT2D eigenvalue weighted by atomic mass is 32.1. The van der Waals surface area contributed by atoms with Crippen LogP contribution in [0.5, 0.6) is 5.75 Å². The van der Waals surface area contributed by atoms with Gasteiger partial charge in [0.2, 0.25) is 0 Å². The topological polar surface area (TPSA) is 46.5 Å². The maximum atomic E-state index is 11.2. The van der Waals surface area contributed by atoms with Gasteiger partial charge in [-0.1, -0.05) is 13.8 Å². The first-order valence-electron chi connectivity index (χ1n) is 7.05. The van der Waals surface area contributed by atoms with E-state index in [0.29, 0.717) is 23.8 Å². The molecule has 1 N–H and O–H groups in total. The largest absolute Gasteiger partial charge is 0.493 e. The number of rotatable bonds is 7. The van der Waals surface area contributed by atoms with Gasteiger partial charge in [-0.05, 0) is 58.5 Å². The zero-order chi connectivity index (χ0) is 15.2. The fourth-order valence-corrected chi connectivity index (χ4v) is 2.88. The number of benzene rings is 1. The molecule has 0 amide bonds. The molecule has 112 valence electrons. The Kier molecular flexibility index (Phi) is 5.39. The molecule has 0 atom stereocenters. The Labute approximate surface area is 129 Å². The predicted octanol–water partition coefficient (Wildman–Crippen LogP) is 4.27. The van der Waals surface area contributed by atoms with Crippen molar-refractivity contribution >= 4 is 17.3 Å². The summed E-state index contributed by atoms with van der Waals surface area (Å²) in [4.78, 5) is 11.2. The van der Waals surface area contributed by atoms with Gasteiger partial charge in [-0.2, -0.15) is 11.3 Å². The van der Waals surface area contributed by atoms with E-state index in [2.05, 4.69) is 25.3 Å². The number of hydrogen-bond acceptors (Lipinski definition) is 3. The Balaban J connectivity index is 2.06. The Bertz CT molecular complexity index is 588. The Morgan fingerprint density at radius 3 is 2.71 bits per heavy atom. The molecule has 1 aromatic heterocycles. The van der Waals surface area contributed by atoms with Crippen molar-refractivity contribution in [2.24, 2.45) is 5.92 Å². The van der Waals surface area contributed by atoms with E-state index in [1.54, 1.807) is 23.5 Å². The molecule has 0 bridgehead atoms. The van der Waals surface area contributed by atoms with Crippen LogP contribution in [0.15, 0.2) is 35.0 Å². The molecule has 0 aliphatic carbocycles. The number of aromatic carboxylic acids is 1. The maximum Gasteiger partial charge on any atom is 0.335 e. The fourth-order valence-electron chi connectivity index (χ4n) is 2.18. The van der Waals surface area contributed by atoms with E-state index in [9.17, 15) is 9.90 Å². The SMILES string of the molecule is CC(C)Cc1cc(OCCc2ccsc2)cc(C(=O)O)c1. The number of thiophene rings is 1. The lowest BCUT2D eigenvalue weighted by molar-refractivity contribution is 0.0696. The van der Waals surface area contributed by atoms with Gasteiger partial charge in [0.05, 0.1) is 12.2 Å². The summed E-state index contributed by atoms with van der Waals surface area (Å²) in [5.41, 5.74) is 2.55. The smallest absolute Gasteiger partial charge is 0.335 e. The number of carbonyl (C=O) groups is 1. The normalized spacial score (nSPS) is 10.8. The van der Waals surface area contributed by atoms with Crippen molar-refractivity contribution in [2.45, 2.75) is 26.7 Å². The molecular formula is C17H20O3S. The van der Waals surface area contributed by atoms with Crippen LogP contribution in [0.4, 0.5) is 0 Å². The molecule has 1 heterocycles. The molecule has 0 fully saturated rings. The molecule has 1 aromatic carbocycles. The van der Waals surface area contributed by atoms with Crippen LogP contribution in [-0.2, 0) is 12.8 Å². The first-order chi connectivity index (χ1) is 10.0. The zero-order valence-electron chi connectivity index (χ0n) is 12.3. The molecule has 0 aliphatic heterocycles. The van der Waals surface area contributed by atoms with Crippen molar-refractivity contribution in [3.63, 3.8) is 0 Å². The van der Waals surface area contributed by atoms with Crippen molar-refractivity contribution in [2.75, 3.05) is 6.61 Å². The highest BCUT2D eigenvalue weighted by Crippen LogP contribution is 2.20. The summed E-state index contributed by atoms with van der Waals surface area (Å²) in [6.07, 6.45) is 1.68. The lowest BCUT2D eigenvalue weighted by Crippen LogP contribution is -2.05. The Morgan fingerprint density at radius 2 is 2.10 bits per heavy atom. The minimum Gasteiger partial charge on any atom is -0.493 e. The van der Waals surface area contributed by atoms with Gasteiger partial charge in [-0.3, -0.25) is 0 Å². The highest BCUT2D eigenvalue weighted by Gasteiger charge is 2.09. The summed E-state index contributed by atoms with van der Waals surface area (Å²) in [7, 11) is 0. The molecule has 0 unspecified atom stereocenters. The number of carboxylic acids is 1. The summed E-state index contributed by atoms with van der Waals surface area (Å²) >= 11 is 1.67. The molecule has 2 aromatic rings. The number of carboxylic acid groups (broad SMARTS) is 1. The van der Waals surface area contributed by atoms with Crippen LogP contribution in [0.25, 0.3) is 0 Å². The van der Waals surface area contributed by atoms with Crippen LogP contribution in [-0.4, -0.2) is 17.7 Å². The van der Waals surface area contributed by atoms with E-state index in [-0.39, 0.29) is 0 Å². The van der Waals surface area contributed by atoms with Gasteiger partial charge in [0.25, 0.3) is 0 Å². The van der Waals surface area contributed by atoms with E-state index in [0.717, 1.165) is 18.4 Å². The average molecular weight is 304 g/mol. The number of hydrogen-bond donors (Lipinski definition) is 1. The molecule has 0 aliphatic rings. The van der Waals surface area contributed by atoms with Crippen molar-refractivity contribution < 1.29 is 14.6 Å². The molecule has 0 saturated heterocycles. The van der Waals surface area contributed by atoms with Crippen molar-refractivity contribution in [3.8, 4) is 5.75 Å². The molecule has 0 radical (unpaired) electrons. The van der Waals surface area contributed by atoms with Gasteiger partial charge in [0, 0.05) is 6.42 Å². The van der Waals surface area contributed by atoms with Gasteiger partial charge in [0.1, 0.15) is 5.75 Å². The molecule has 2 rings (SSSR count). The molecule has 4 heteroatoms. The van der Waals surface area contributed by atoms with E-state index in [4.69, 9.17) is 4.74 Å². The summed E-state index contributed by atoms with van der Waals surface area (Å²) in [6, 6.07) is 7.35. The van der Waals surface area contributed by atoms with Gasteiger partial charge < -0.3 is 9.84 Å². The second kappa shape index (κ2) is 7.27. The van der Waals surface area contributed by atoms with Crippen LogP contribution in [0, 0.1) is 5.92 Å². The minimum atomic E-state index is -0.914. The first-order valence-corrected chi connectivity index (χ1v) is 8.00. The molecular weight excluding hydrogens is 284 g/mol. The standard InChI is InChI=1S/C17H20O3S/c1-12(2)7-14-8-15(17(18)19)10-16(9-14)20-5-3-13-4-6-21-11-13/h4,6,8-12H,3,5,7H2,1-2H3,(H,18,19). The second-order valence-electron chi connectivity index (χ2n) is 5.50. The van der Waals surface area contributed by atoms with Crippen LogP contribution in [0.2, 0.25) is 0 Å². The third-order valence-electron chi connectivity index (χ3n) is 3.10. The lowest BCUT2D eigenvalue weighted by Gasteiger charge is -2.11. The van der Waals surface area contributed by atoms with Gasteiger partial charge in [-0.15, -0.1) is 0 Å². The molecule has 0 spiro atoms. The van der Waals surface area contributed by atoms with Crippen LogP contribution in [0.1, 0.15) is 35.3 Å². The number of ether oxygens (including phenoxy) is 1. The quantitative estimate of drug-likeness (QED) is 0.831. The molecule has 21 heavy (non-hydrogen) atoms. The predicted molar refractivity (Wildman–Crippen MR) is 85.5 cm³/mol. The Morgan fingerprint density at radius 1 is 1.29 bits per heavy atom. The summed E-state index contributed by atoms with van der Waals surface area (Å²) in [5, 5.41) is 13.3. The Hall–Kier alpha value is -1.81. The molecule has 3 nitrogen and oxygen atoms in total. The third-order valence-corrected chi connectivity index (χ3v) is 3.83. The van der Waals surface area contributed by atoms with E-state index < -0.39 is 5.97 Å². The van der Waals surface area contributed by atoms with E-state index >= 15 is 0 Å². The van der Waals surface area contributed by atoms with Crippen LogP contribution in [0.3, 0.4) is 0 Å². The maximum absolute atomic E-state index is 11.2. The summed E-state index contributed by atoms with van der Waals surface area (Å²) < 4.78 is 5.73. The lowest BCUT2D eigenvalue weighted by atomic mass is 10.0. The van der Waals surface area contributed by atoms with Gasteiger partial charge in [-0.25, -0.2) is 4.79 Å². The summed E-state index contributed by atoms with van der Waals surface area (Å²) in [6.45, 7) is 4.79. The first kappa shape index (κ1) is 15.6.